The number of anilines is 1. The third kappa shape index (κ3) is 2.39. The average molecular weight is 251 g/mol. The highest BCUT2D eigenvalue weighted by molar-refractivity contribution is 6.31. The Bertz CT molecular complexity index is 517. The van der Waals surface area contributed by atoms with Crippen LogP contribution >= 0.6 is 11.6 Å². The molecule has 1 heterocycles. The number of hydrogen-bond donors (Lipinski definition) is 1. The van der Waals surface area contributed by atoms with Gasteiger partial charge in [0.15, 0.2) is 5.58 Å². The molecule has 1 fully saturated rings. The molecule has 3 nitrogen and oxygen atoms in total. The number of hydrogen-bond acceptors (Lipinski definition) is 3. The number of oxazole rings is 1. The van der Waals surface area contributed by atoms with Crippen molar-refractivity contribution in [3.8, 4) is 0 Å². The minimum atomic E-state index is 0.507. The first kappa shape index (κ1) is 10.9. The van der Waals surface area contributed by atoms with Crippen LogP contribution in [0, 0.1) is 0 Å². The van der Waals surface area contributed by atoms with E-state index in [1.54, 1.807) is 0 Å². The van der Waals surface area contributed by atoms with Crippen LogP contribution in [-0.4, -0.2) is 11.0 Å². The van der Waals surface area contributed by atoms with E-state index >= 15 is 0 Å². The molecule has 0 unspecified atom stereocenters. The zero-order valence-corrected chi connectivity index (χ0v) is 10.3. The molecular weight excluding hydrogens is 236 g/mol. The molecule has 90 valence electrons. The fourth-order valence-electron chi connectivity index (χ4n) is 2.38. The summed E-state index contributed by atoms with van der Waals surface area (Å²) in [5.41, 5.74) is 1.60. The minimum Gasteiger partial charge on any atom is -0.424 e. The Balaban J connectivity index is 1.80. The van der Waals surface area contributed by atoms with Crippen LogP contribution in [0.4, 0.5) is 6.01 Å². The molecule has 1 saturated carbocycles. The monoisotopic (exact) mass is 250 g/mol. The van der Waals surface area contributed by atoms with Gasteiger partial charge in [-0.1, -0.05) is 30.9 Å². The zero-order valence-electron chi connectivity index (χ0n) is 9.58. The van der Waals surface area contributed by atoms with Gasteiger partial charge in [0.25, 0.3) is 6.01 Å². The lowest BCUT2D eigenvalue weighted by Crippen LogP contribution is -2.22. The van der Waals surface area contributed by atoms with Gasteiger partial charge in [0.2, 0.25) is 0 Å². The fraction of sp³-hybridized carbons (Fsp3) is 0.462. The van der Waals surface area contributed by atoms with Crippen molar-refractivity contribution in [2.75, 3.05) is 5.32 Å². The summed E-state index contributed by atoms with van der Waals surface area (Å²) in [6, 6.07) is 6.63. The fourth-order valence-corrected chi connectivity index (χ4v) is 2.55. The summed E-state index contributed by atoms with van der Waals surface area (Å²) in [6.07, 6.45) is 6.35. The van der Waals surface area contributed by atoms with Gasteiger partial charge in [0.1, 0.15) is 5.52 Å². The van der Waals surface area contributed by atoms with Gasteiger partial charge in [-0.2, -0.15) is 4.98 Å². The SMILES string of the molecule is Clc1ccc2oc(NC3CCCCC3)nc2c1. The maximum atomic E-state index is 5.92. The Hall–Kier alpha value is -1.22. The van der Waals surface area contributed by atoms with E-state index in [0.717, 1.165) is 11.1 Å². The van der Waals surface area contributed by atoms with E-state index in [9.17, 15) is 0 Å². The molecular formula is C13H15ClN2O. The van der Waals surface area contributed by atoms with Gasteiger partial charge in [-0.15, -0.1) is 0 Å². The molecule has 1 aliphatic carbocycles. The molecule has 0 bridgehead atoms. The first-order chi connectivity index (χ1) is 8.31. The van der Waals surface area contributed by atoms with Crippen LogP contribution in [0.5, 0.6) is 0 Å². The van der Waals surface area contributed by atoms with E-state index in [0.29, 0.717) is 17.1 Å². The number of rotatable bonds is 2. The Morgan fingerprint density at radius 2 is 2.06 bits per heavy atom. The first-order valence-corrected chi connectivity index (χ1v) is 6.52. The van der Waals surface area contributed by atoms with E-state index in [4.69, 9.17) is 16.0 Å². The van der Waals surface area contributed by atoms with Gasteiger partial charge in [-0.05, 0) is 31.0 Å². The Kier molecular flexibility index (Phi) is 2.93. The van der Waals surface area contributed by atoms with E-state index in [-0.39, 0.29) is 0 Å². The van der Waals surface area contributed by atoms with Gasteiger partial charge in [-0.25, -0.2) is 0 Å². The molecule has 0 aliphatic heterocycles. The van der Waals surface area contributed by atoms with Gasteiger partial charge < -0.3 is 9.73 Å². The molecule has 0 radical (unpaired) electrons. The van der Waals surface area contributed by atoms with Crippen molar-refractivity contribution in [2.24, 2.45) is 0 Å². The van der Waals surface area contributed by atoms with Crippen molar-refractivity contribution in [1.29, 1.82) is 0 Å². The number of benzene rings is 1. The molecule has 1 aromatic carbocycles. The molecule has 1 aromatic heterocycles. The van der Waals surface area contributed by atoms with E-state index < -0.39 is 0 Å². The third-order valence-corrected chi connectivity index (χ3v) is 3.52. The zero-order chi connectivity index (χ0) is 11.7. The Morgan fingerprint density at radius 3 is 2.88 bits per heavy atom. The second-order valence-corrected chi connectivity index (χ2v) is 5.05. The molecule has 0 saturated heterocycles. The summed E-state index contributed by atoms with van der Waals surface area (Å²) in [5.74, 6) is 0. The average Bonchev–Trinajstić information content (AvgIpc) is 2.71. The molecule has 1 N–H and O–H groups in total. The van der Waals surface area contributed by atoms with E-state index in [1.807, 2.05) is 18.2 Å². The standard InChI is InChI=1S/C13H15ClN2O/c14-9-6-7-12-11(8-9)16-13(17-12)15-10-4-2-1-3-5-10/h6-8,10H,1-5H2,(H,15,16). The molecule has 17 heavy (non-hydrogen) atoms. The Labute approximate surface area is 105 Å². The maximum Gasteiger partial charge on any atom is 0.295 e. The van der Waals surface area contributed by atoms with Crippen LogP contribution in [0.15, 0.2) is 22.6 Å². The van der Waals surface area contributed by atoms with Crippen LogP contribution in [0.1, 0.15) is 32.1 Å². The van der Waals surface area contributed by atoms with Crippen molar-refractivity contribution in [3.05, 3.63) is 23.2 Å². The van der Waals surface area contributed by atoms with Crippen molar-refractivity contribution in [3.63, 3.8) is 0 Å². The second kappa shape index (κ2) is 4.57. The number of nitrogens with one attached hydrogen (secondary N) is 1. The lowest BCUT2D eigenvalue weighted by Gasteiger charge is -2.21. The molecule has 0 spiro atoms. The molecule has 0 atom stereocenters. The topological polar surface area (TPSA) is 38.1 Å². The minimum absolute atomic E-state index is 0.507. The predicted octanol–water partition coefficient (Wildman–Crippen LogP) is 4.23. The van der Waals surface area contributed by atoms with Crippen molar-refractivity contribution < 1.29 is 4.42 Å². The summed E-state index contributed by atoms with van der Waals surface area (Å²) in [6.45, 7) is 0. The summed E-state index contributed by atoms with van der Waals surface area (Å²) < 4.78 is 5.64. The Morgan fingerprint density at radius 1 is 1.24 bits per heavy atom. The van der Waals surface area contributed by atoms with E-state index in [2.05, 4.69) is 10.3 Å². The van der Waals surface area contributed by atoms with Crippen molar-refractivity contribution >= 4 is 28.7 Å². The number of halogens is 1. The smallest absolute Gasteiger partial charge is 0.295 e. The van der Waals surface area contributed by atoms with Crippen LogP contribution in [-0.2, 0) is 0 Å². The molecule has 0 amide bonds. The summed E-state index contributed by atoms with van der Waals surface area (Å²) in [4.78, 5) is 4.41. The van der Waals surface area contributed by atoms with E-state index in [1.165, 1.54) is 32.1 Å². The lowest BCUT2D eigenvalue weighted by atomic mass is 9.96. The first-order valence-electron chi connectivity index (χ1n) is 6.14. The van der Waals surface area contributed by atoms with Crippen LogP contribution in [0.3, 0.4) is 0 Å². The van der Waals surface area contributed by atoms with Gasteiger partial charge in [0, 0.05) is 11.1 Å². The normalized spacial score (nSPS) is 17.5. The summed E-state index contributed by atoms with van der Waals surface area (Å²) in [7, 11) is 0. The van der Waals surface area contributed by atoms with Gasteiger partial charge in [0.05, 0.1) is 0 Å². The van der Waals surface area contributed by atoms with Crippen molar-refractivity contribution in [2.45, 2.75) is 38.1 Å². The molecule has 1 aliphatic rings. The third-order valence-electron chi connectivity index (χ3n) is 3.28. The molecule has 2 aromatic rings. The maximum absolute atomic E-state index is 5.92. The highest BCUT2D eigenvalue weighted by Crippen LogP contribution is 2.25. The van der Waals surface area contributed by atoms with Crippen LogP contribution < -0.4 is 5.32 Å². The predicted molar refractivity (Wildman–Crippen MR) is 69.5 cm³/mol. The van der Waals surface area contributed by atoms with Crippen LogP contribution in [0.2, 0.25) is 5.02 Å². The highest BCUT2D eigenvalue weighted by Gasteiger charge is 2.15. The van der Waals surface area contributed by atoms with Gasteiger partial charge in [-0.3, -0.25) is 0 Å². The number of aromatic nitrogens is 1. The quantitative estimate of drug-likeness (QED) is 0.867. The van der Waals surface area contributed by atoms with Gasteiger partial charge >= 0.3 is 0 Å². The summed E-state index contributed by atoms with van der Waals surface area (Å²) in [5, 5.41) is 4.06. The number of fused-ring (bicyclic) bond motifs is 1. The second-order valence-electron chi connectivity index (χ2n) is 4.61. The number of nitrogens with zero attached hydrogens (tertiary/aromatic N) is 1. The molecule has 4 heteroatoms. The molecule has 3 rings (SSSR count). The van der Waals surface area contributed by atoms with Crippen LogP contribution in [0.25, 0.3) is 11.1 Å². The summed E-state index contributed by atoms with van der Waals surface area (Å²) >= 11 is 5.92. The highest BCUT2D eigenvalue weighted by atomic mass is 35.5. The van der Waals surface area contributed by atoms with Crippen molar-refractivity contribution in [1.82, 2.24) is 4.98 Å². The lowest BCUT2D eigenvalue weighted by molar-refractivity contribution is 0.451. The largest absolute Gasteiger partial charge is 0.424 e.